The fourth-order valence-electron chi connectivity index (χ4n) is 2.09. The second-order valence-electron chi connectivity index (χ2n) is 6.02. The highest BCUT2D eigenvalue weighted by Gasteiger charge is 2.49. The van der Waals surface area contributed by atoms with Gasteiger partial charge in [-0.05, 0) is 33.1 Å². The lowest BCUT2D eigenvalue weighted by molar-refractivity contribution is -0.146. The Morgan fingerprint density at radius 2 is 2.19 bits per heavy atom. The van der Waals surface area contributed by atoms with Crippen molar-refractivity contribution in [2.24, 2.45) is 5.41 Å². The first-order valence-electron chi connectivity index (χ1n) is 6.91. The molecule has 1 heterocycles. The molecular formula is C14H21N3O4. The maximum Gasteiger partial charge on any atom is 0.331 e. The van der Waals surface area contributed by atoms with E-state index in [0.717, 1.165) is 12.8 Å². The number of carbonyl (C=O) groups excluding carboxylic acids is 1. The van der Waals surface area contributed by atoms with E-state index in [1.807, 2.05) is 0 Å². The van der Waals surface area contributed by atoms with E-state index >= 15 is 0 Å². The lowest BCUT2D eigenvalue weighted by Gasteiger charge is -2.19. The van der Waals surface area contributed by atoms with Crippen LogP contribution < -0.4 is 5.32 Å². The predicted octanol–water partition coefficient (Wildman–Crippen LogP) is 1.46. The Morgan fingerprint density at radius 3 is 2.71 bits per heavy atom. The van der Waals surface area contributed by atoms with Gasteiger partial charge in [-0.15, -0.1) is 0 Å². The molecule has 2 N–H and O–H groups in total. The summed E-state index contributed by atoms with van der Waals surface area (Å²) in [6.07, 6.45) is 5.42. The topological polar surface area (TPSA) is 93.5 Å². The largest absolute Gasteiger partial charge is 0.479 e. The van der Waals surface area contributed by atoms with Crippen LogP contribution in [0.3, 0.4) is 0 Å². The number of carbonyl (C=O) groups is 2. The van der Waals surface area contributed by atoms with Crippen molar-refractivity contribution in [3.8, 4) is 0 Å². The van der Waals surface area contributed by atoms with Crippen molar-refractivity contribution in [3.63, 3.8) is 0 Å². The number of hydrogen-bond acceptors (Lipinski definition) is 4. The Hall–Kier alpha value is -1.89. The Labute approximate surface area is 123 Å². The summed E-state index contributed by atoms with van der Waals surface area (Å²) >= 11 is 0. The first kappa shape index (κ1) is 15.5. The molecule has 7 nitrogen and oxygen atoms in total. The minimum Gasteiger partial charge on any atom is -0.479 e. The lowest BCUT2D eigenvalue weighted by Crippen LogP contribution is -2.36. The molecule has 1 aliphatic carbocycles. The summed E-state index contributed by atoms with van der Waals surface area (Å²) in [5.41, 5.74) is -0.977. The quantitative estimate of drug-likeness (QED) is 0.794. The molecule has 1 fully saturated rings. The predicted molar refractivity (Wildman–Crippen MR) is 76.0 cm³/mol. The zero-order chi connectivity index (χ0) is 15.7. The SMILES string of the molecule is COCCC1(C(=O)Nc2cnn(C(C)(C)C(=O)O)c2)CC1. The molecule has 0 radical (unpaired) electrons. The molecule has 0 aliphatic heterocycles. The number of methoxy groups -OCH3 is 1. The van der Waals surface area contributed by atoms with Gasteiger partial charge in [-0.1, -0.05) is 0 Å². The number of nitrogens with one attached hydrogen (secondary N) is 1. The van der Waals surface area contributed by atoms with Crippen LogP contribution in [-0.2, 0) is 19.9 Å². The van der Waals surface area contributed by atoms with Crippen molar-refractivity contribution in [2.75, 3.05) is 19.0 Å². The molecule has 0 saturated heterocycles. The zero-order valence-electron chi connectivity index (χ0n) is 12.5. The van der Waals surface area contributed by atoms with Crippen molar-refractivity contribution in [3.05, 3.63) is 12.4 Å². The van der Waals surface area contributed by atoms with Gasteiger partial charge in [0.15, 0.2) is 5.54 Å². The highest BCUT2D eigenvalue weighted by molar-refractivity contribution is 5.97. The number of carboxylic acid groups (broad SMARTS) is 1. The molecule has 7 heteroatoms. The van der Waals surface area contributed by atoms with Gasteiger partial charge in [-0.2, -0.15) is 5.10 Å². The standard InChI is InChI=1S/C14H21N3O4/c1-13(2,12(19)20)17-9-10(8-15-17)16-11(18)14(4-5-14)6-7-21-3/h8-9H,4-7H2,1-3H3,(H,16,18)(H,19,20). The Kier molecular flexibility index (Phi) is 4.04. The average molecular weight is 295 g/mol. The van der Waals surface area contributed by atoms with E-state index in [1.165, 1.54) is 10.9 Å². The van der Waals surface area contributed by atoms with Crippen LogP contribution in [0.25, 0.3) is 0 Å². The number of carboxylic acids is 1. The average Bonchev–Trinajstić information content (AvgIpc) is 3.08. The molecule has 1 aromatic heterocycles. The molecule has 0 atom stereocenters. The van der Waals surface area contributed by atoms with Crippen molar-refractivity contribution in [1.29, 1.82) is 0 Å². The summed E-state index contributed by atoms with van der Waals surface area (Å²) in [7, 11) is 1.62. The molecule has 0 unspecified atom stereocenters. The lowest BCUT2D eigenvalue weighted by atomic mass is 10.0. The van der Waals surface area contributed by atoms with E-state index < -0.39 is 11.5 Å². The normalized spacial score (nSPS) is 16.5. The number of ether oxygens (including phenoxy) is 1. The maximum absolute atomic E-state index is 12.3. The van der Waals surface area contributed by atoms with Crippen molar-refractivity contribution >= 4 is 17.6 Å². The van der Waals surface area contributed by atoms with Gasteiger partial charge in [0.1, 0.15) is 0 Å². The minimum atomic E-state index is -1.16. The van der Waals surface area contributed by atoms with Gasteiger partial charge in [-0.25, -0.2) is 4.79 Å². The number of aromatic nitrogens is 2. The summed E-state index contributed by atoms with van der Waals surface area (Å²) in [5.74, 6) is -1.03. The number of anilines is 1. The minimum absolute atomic E-state index is 0.0489. The van der Waals surface area contributed by atoms with E-state index in [1.54, 1.807) is 27.2 Å². The molecule has 1 aromatic rings. The zero-order valence-corrected chi connectivity index (χ0v) is 12.5. The molecule has 1 aliphatic rings. The van der Waals surface area contributed by atoms with Crippen LogP contribution in [0.1, 0.15) is 33.1 Å². The third kappa shape index (κ3) is 3.07. The first-order chi connectivity index (χ1) is 9.82. The number of amides is 1. The molecule has 0 aromatic carbocycles. The molecular weight excluding hydrogens is 274 g/mol. The fourth-order valence-corrected chi connectivity index (χ4v) is 2.09. The van der Waals surface area contributed by atoms with Crippen LogP contribution in [0.5, 0.6) is 0 Å². The highest BCUT2D eigenvalue weighted by Crippen LogP contribution is 2.49. The number of nitrogens with zero attached hydrogens (tertiary/aromatic N) is 2. The molecule has 1 saturated carbocycles. The van der Waals surface area contributed by atoms with Crippen LogP contribution >= 0.6 is 0 Å². The van der Waals surface area contributed by atoms with Crippen LogP contribution in [0.15, 0.2) is 12.4 Å². The second kappa shape index (κ2) is 5.48. The van der Waals surface area contributed by atoms with Crippen molar-refractivity contribution < 1.29 is 19.4 Å². The number of hydrogen-bond donors (Lipinski definition) is 2. The van der Waals surface area contributed by atoms with E-state index in [9.17, 15) is 9.59 Å². The van der Waals surface area contributed by atoms with Gasteiger partial charge >= 0.3 is 5.97 Å². The van der Waals surface area contributed by atoms with Crippen LogP contribution in [-0.4, -0.2) is 40.5 Å². The van der Waals surface area contributed by atoms with E-state index in [2.05, 4.69) is 10.4 Å². The Morgan fingerprint density at radius 1 is 1.52 bits per heavy atom. The second-order valence-corrected chi connectivity index (χ2v) is 6.02. The summed E-state index contributed by atoms with van der Waals surface area (Å²) in [6.45, 7) is 3.66. The molecule has 1 amide bonds. The third-order valence-corrected chi connectivity index (χ3v) is 4.06. The summed E-state index contributed by atoms with van der Waals surface area (Å²) in [6, 6.07) is 0. The smallest absolute Gasteiger partial charge is 0.331 e. The molecule has 0 spiro atoms. The van der Waals surface area contributed by atoms with Crippen LogP contribution in [0, 0.1) is 5.41 Å². The monoisotopic (exact) mass is 295 g/mol. The van der Waals surface area contributed by atoms with Gasteiger partial charge in [-0.3, -0.25) is 9.48 Å². The Balaban J connectivity index is 2.03. The maximum atomic E-state index is 12.3. The first-order valence-corrected chi connectivity index (χ1v) is 6.91. The highest BCUT2D eigenvalue weighted by atomic mass is 16.5. The number of rotatable bonds is 7. The Bertz CT molecular complexity index is 546. The van der Waals surface area contributed by atoms with Crippen molar-refractivity contribution in [1.82, 2.24) is 9.78 Å². The molecule has 0 bridgehead atoms. The molecule has 116 valence electrons. The van der Waals surface area contributed by atoms with Gasteiger partial charge in [0.2, 0.25) is 5.91 Å². The summed E-state index contributed by atoms with van der Waals surface area (Å²) in [5, 5.41) is 16.0. The summed E-state index contributed by atoms with van der Waals surface area (Å²) in [4.78, 5) is 23.5. The van der Waals surface area contributed by atoms with E-state index in [4.69, 9.17) is 9.84 Å². The van der Waals surface area contributed by atoms with Gasteiger partial charge < -0.3 is 15.2 Å². The van der Waals surface area contributed by atoms with E-state index in [0.29, 0.717) is 18.7 Å². The third-order valence-electron chi connectivity index (χ3n) is 4.06. The molecule has 21 heavy (non-hydrogen) atoms. The number of aliphatic carboxylic acids is 1. The van der Waals surface area contributed by atoms with Gasteiger partial charge in [0.25, 0.3) is 0 Å². The van der Waals surface area contributed by atoms with Gasteiger partial charge in [0, 0.05) is 19.9 Å². The van der Waals surface area contributed by atoms with Crippen LogP contribution in [0.2, 0.25) is 0 Å². The summed E-state index contributed by atoms with van der Waals surface area (Å²) < 4.78 is 6.36. The fraction of sp³-hybridized carbons (Fsp3) is 0.643. The van der Waals surface area contributed by atoms with Gasteiger partial charge in [0.05, 0.1) is 17.3 Å². The van der Waals surface area contributed by atoms with Crippen molar-refractivity contribution in [2.45, 2.75) is 38.6 Å². The molecule has 2 rings (SSSR count). The van der Waals surface area contributed by atoms with Crippen LogP contribution in [0.4, 0.5) is 5.69 Å². The van der Waals surface area contributed by atoms with E-state index in [-0.39, 0.29) is 11.3 Å².